The third-order valence-electron chi connectivity index (χ3n) is 3.78. The smallest absolute Gasteiger partial charge is 0.219 e. The van der Waals surface area contributed by atoms with Gasteiger partial charge in [0.2, 0.25) is 5.88 Å². The van der Waals surface area contributed by atoms with Crippen LogP contribution in [0.2, 0.25) is 0 Å². The Hall–Kier alpha value is -1.87. The number of benzene rings is 1. The van der Waals surface area contributed by atoms with E-state index in [1.807, 2.05) is 25.2 Å². The van der Waals surface area contributed by atoms with Crippen LogP contribution in [-0.4, -0.2) is 12.0 Å². The summed E-state index contributed by atoms with van der Waals surface area (Å²) in [5, 5.41) is 3.22. The van der Waals surface area contributed by atoms with Crippen LogP contribution in [0.3, 0.4) is 0 Å². The largest absolute Gasteiger partial charge is 0.439 e. The molecule has 1 atom stereocenters. The van der Waals surface area contributed by atoms with E-state index < -0.39 is 0 Å². The summed E-state index contributed by atoms with van der Waals surface area (Å²) in [5.41, 5.74) is 3.77. The van der Waals surface area contributed by atoms with Crippen molar-refractivity contribution in [3.63, 3.8) is 0 Å². The van der Waals surface area contributed by atoms with Crippen LogP contribution in [0, 0.1) is 6.92 Å². The fourth-order valence-electron chi connectivity index (χ4n) is 2.40. The maximum Gasteiger partial charge on any atom is 0.219 e. The lowest BCUT2D eigenvalue weighted by molar-refractivity contribution is 0.460. The molecule has 0 saturated heterocycles. The molecule has 1 unspecified atom stereocenters. The lowest BCUT2D eigenvalue weighted by atomic mass is 9.98. The van der Waals surface area contributed by atoms with Crippen molar-refractivity contribution in [3.8, 4) is 11.6 Å². The van der Waals surface area contributed by atoms with E-state index in [0.29, 0.717) is 11.8 Å². The number of hydrogen-bond acceptors (Lipinski definition) is 3. The number of nitrogens with one attached hydrogen (secondary N) is 1. The highest BCUT2D eigenvalue weighted by Gasteiger charge is 2.08. The first-order chi connectivity index (χ1) is 10.0. The maximum atomic E-state index is 5.89. The Labute approximate surface area is 127 Å². The molecule has 1 heterocycles. The van der Waals surface area contributed by atoms with Crippen molar-refractivity contribution >= 4 is 0 Å². The molecule has 0 bridgehead atoms. The zero-order valence-corrected chi connectivity index (χ0v) is 13.5. The molecule has 0 aliphatic heterocycles. The Morgan fingerprint density at radius 3 is 2.48 bits per heavy atom. The van der Waals surface area contributed by atoms with Crippen LogP contribution >= 0.6 is 0 Å². The van der Waals surface area contributed by atoms with Crippen LogP contribution in [0.4, 0.5) is 0 Å². The number of nitrogens with zero attached hydrogens (tertiary/aromatic N) is 1. The highest BCUT2D eigenvalue weighted by Crippen LogP contribution is 2.27. The molecule has 0 amide bonds. The van der Waals surface area contributed by atoms with Crippen LogP contribution in [0.1, 0.15) is 49.4 Å². The van der Waals surface area contributed by atoms with Gasteiger partial charge in [-0.15, -0.1) is 0 Å². The molecule has 2 rings (SSSR count). The molecule has 21 heavy (non-hydrogen) atoms. The van der Waals surface area contributed by atoms with E-state index in [-0.39, 0.29) is 6.04 Å². The van der Waals surface area contributed by atoms with Crippen LogP contribution in [0.5, 0.6) is 11.6 Å². The standard InChI is InChI=1S/C18H24N2O/c1-12(2)17-7-6-16(10-13(17)3)21-18-11-15(8-9-20-18)14(4)19-5/h6-12,14,19H,1-5H3. The molecule has 3 nitrogen and oxygen atoms in total. The second-order valence-electron chi connectivity index (χ2n) is 5.71. The predicted molar refractivity (Wildman–Crippen MR) is 87.1 cm³/mol. The van der Waals surface area contributed by atoms with Gasteiger partial charge in [-0.2, -0.15) is 0 Å². The van der Waals surface area contributed by atoms with Crippen LogP contribution in [0.25, 0.3) is 0 Å². The van der Waals surface area contributed by atoms with Gasteiger partial charge in [-0.3, -0.25) is 0 Å². The molecule has 2 aromatic rings. The van der Waals surface area contributed by atoms with Crippen molar-refractivity contribution in [1.29, 1.82) is 0 Å². The molecule has 0 fully saturated rings. The van der Waals surface area contributed by atoms with Gasteiger partial charge in [-0.05, 0) is 61.7 Å². The van der Waals surface area contributed by atoms with Crippen LogP contribution in [-0.2, 0) is 0 Å². The van der Waals surface area contributed by atoms with E-state index in [4.69, 9.17) is 4.74 Å². The highest BCUT2D eigenvalue weighted by molar-refractivity contribution is 5.38. The summed E-state index contributed by atoms with van der Waals surface area (Å²) in [6.45, 7) is 8.63. The number of pyridine rings is 1. The molecule has 1 N–H and O–H groups in total. The summed E-state index contributed by atoms with van der Waals surface area (Å²) in [5.74, 6) is 1.99. The Morgan fingerprint density at radius 2 is 1.86 bits per heavy atom. The predicted octanol–water partition coefficient (Wildman–Crippen LogP) is 4.59. The van der Waals surface area contributed by atoms with E-state index in [9.17, 15) is 0 Å². The average Bonchev–Trinajstić information content (AvgIpc) is 2.46. The summed E-state index contributed by atoms with van der Waals surface area (Å²) in [6.07, 6.45) is 1.79. The van der Waals surface area contributed by atoms with E-state index in [1.54, 1.807) is 6.20 Å². The molecule has 112 valence electrons. The van der Waals surface area contributed by atoms with Crippen molar-refractivity contribution in [1.82, 2.24) is 10.3 Å². The minimum Gasteiger partial charge on any atom is -0.439 e. The zero-order chi connectivity index (χ0) is 15.4. The van der Waals surface area contributed by atoms with Crippen LogP contribution in [0.15, 0.2) is 36.5 Å². The second kappa shape index (κ2) is 6.72. The molecule has 0 radical (unpaired) electrons. The fraction of sp³-hybridized carbons (Fsp3) is 0.389. The Kier molecular flexibility index (Phi) is 4.97. The second-order valence-corrected chi connectivity index (χ2v) is 5.71. The molecular formula is C18H24N2O. The summed E-state index contributed by atoms with van der Waals surface area (Å²) in [4.78, 5) is 4.29. The number of rotatable bonds is 5. The van der Waals surface area contributed by atoms with Gasteiger partial charge < -0.3 is 10.1 Å². The third kappa shape index (κ3) is 3.82. The number of aromatic nitrogens is 1. The Balaban J connectivity index is 2.20. The summed E-state index contributed by atoms with van der Waals surface area (Å²) in [7, 11) is 1.94. The van der Waals surface area contributed by atoms with Gasteiger partial charge in [-0.25, -0.2) is 4.98 Å². The molecule has 0 saturated carbocycles. The number of ether oxygens (including phenoxy) is 1. The quantitative estimate of drug-likeness (QED) is 0.872. The number of aryl methyl sites for hydroxylation is 1. The molecule has 0 aliphatic rings. The lowest BCUT2D eigenvalue weighted by Gasteiger charge is -2.13. The Bertz CT molecular complexity index is 608. The first kappa shape index (κ1) is 15.5. The molecule has 1 aromatic heterocycles. The van der Waals surface area contributed by atoms with E-state index in [0.717, 1.165) is 11.3 Å². The fourth-order valence-corrected chi connectivity index (χ4v) is 2.40. The van der Waals surface area contributed by atoms with Gasteiger partial charge in [0.05, 0.1) is 0 Å². The van der Waals surface area contributed by atoms with Gasteiger partial charge >= 0.3 is 0 Å². The molecular weight excluding hydrogens is 260 g/mol. The monoisotopic (exact) mass is 284 g/mol. The molecule has 0 aliphatic carbocycles. The van der Waals surface area contributed by atoms with E-state index >= 15 is 0 Å². The van der Waals surface area contributed by atoms with Gasteiger partial charge in [0, 0.05) is 18.3 Å². The van der Waals surface area contributed by atoms with Crippen molar-refractivity contribution in [3.05, 3.63) is 53.2 Å². The highest BCUT2D eigenvalue weighted by atomic mass is 16.5. The molecule has 1 aromatic carbocycles. The van der Waals surface area contributed by atoms with Crippen molar-refractivity contribution in [2.24, 2.45) is 0 Å². The van der Waals surface area contributed by atoms with Crippen molar-refractivity contribution < 1.29 is 4.74 Å². The zero-order valence-electron chi connectivity index (χ0n) is 13.5. The molecule has 3 heteroatoms. The van der Waals surface area contributed by atoms with Gasteiger partial charge in [0.25, 0.3) is 0 Å². The first-order valence-corrected chi connectivity index (χ1v) is 7.43. The summed E-state index contributed by atoms with van der Waals surface area (Å²) in [6, 6.07) is 10.5. The summed E-state index contributed by atoms with van der Waals surface area (Å²) < 4.78 is 5.89. The van der Waals surface area contributed by atoms with Gasteiger partial charge in [-0.1, -0.05) is 19.9 Å². The Morgan fingerprint density at radius 1 is 1.10 bits per heavy atom. The first-order valence-electron chi connectivity index (χ1n) is 7.43. The minimum absolute atomic E-state index is 0.278. The van der Waals surface area contributed by atoms with E-state index in [1.165, 1.54) is 11.1 Å². The van der Waals surface area contributed by atoms with Gasteiger partial charge in [0.1, 0.15) is 5.75 Å². The van der Waals surface area contributed by atoms with E-state index in [2.05, 4.69) is 50.1 Å². The third-order valence-corrected chi connectivity index (χ3v) is 3.78. The van der Waals surface area contributed by atoms with Crippen molar-refractivity contribution in [2.75, 3.05) is 7.05 Å². The molecule has 0 spiro atoms. The topological polar surface area (TPSA) is 34.2 Å². The normalized spacial score (nSPS) is 12.5. The van der Waals surface area contributed by atoms with Crippen LogP contribution < -0.4 is 10.1 Å². The van der Waals surface area contributed by atoms with Gasteiger partial charge in [0.15, 0.2) is 0 Å². The van der Waals surface area contributed by atoms with Crippen molar-refractivity contribution in [2.45, 2.75) is 39.7 Å². The number of hydrogen-bond donors (Lipinski definition) is 1. The average molecular weight is 284 g/mol. The summed E-state index contributed by atoms with van der Waals surface area (Å²) >= 11 is 0. The minimum atomic E-state index is 0.278. The maximum absolute atomic E-state index is 5.89. The lowest BCUT2D eigenvalue weighted by Crippen LogP contribution is -2.12. The SMILES string of the molecule is CNC(C)c1ccnc(Oc2ccc(C(C)C)c(C)c2)c1.